The highest BCUT2D eigenvalue weighted by molar-refractivity contribution is 8.01. The number of ketones is 1. The van der Waals surface area contributed by atoms with E-state index < -0.39 is 0 Å². The number of aromatic nitrogens is 2. The van der Waals surface area contributed by atoms with E-state index in [2.05, 4.69) is 36.3 Å². The normalized spacial score (nSPS) is 10.9. The highest BCUT2D eigenvalue weighted by atomic mass is 32.2. The molecule has 0 fully saturated rings. The van der Waals surface area contributed by atoms with Gasteiger partial charge in [0.05, 0.1) is 12.4 Å². The number of ether oxygens (including phenoxy) is 1. The lowest BCUT2D eigenvalue weighted by atomic mass is 9.93. The smallest absolute Gasteiger partial charge is 0.206 e. The molecule has 0 aliphatic carbocycles. The molecule has 0 aliphatic rings. The van der Waals surface area contributed by atoms with E-state index in [-0.39, 0.29) is 5.78 Å². The van der Waals surface area contributed by atoms with Gasteiger partial charge >= 0.3 is 0 Å². The van der Waals surface area contributed by atoms with Gasteiger partial charge in [-0.3, -0.25) is 4.79 Å². The van der Waals surface area contributed by atoms with Crippen molar-refractivity contribution < 1.29 is 9.53 Å². The lowest BCUT2D eigenvalue weighted by Gasteiger charge is -2.13. The Bertz CT molecular complexity index is 729. The molecule has 1 aromatic carbocycles. The number of nitrogens with zero attached hydrogens (tertiary/aromatic N) is 2. The molecule has 7 heteroatoms. The highest BCUT2D eigenvalue weighted by Gasteiger charge is 2.15. The molecule has 1 N–H and O–H groups in total. The van der Waals surface area contributed by atoms with E-state index in [9.17, 15) is 4.79 Å². The molecule has 0 spiro atoms. The van der Waals surface area contributed by atoms with Crippen LogP contribution in [0.5, 0.6) is 0 Å². The molecule has 0 radical (unpaired) electrons. The SMILES string of the molecule is COCCNc1nnc(SCC(=O)c2cc(C)c(C)c(C)c2C)s1. The van der Waals surface area contributed by atoms with Gasteiger partial charge in [-0.2, -0.15) is 0 Å². The number of aryl methyl sites for hydroxylation is 1. The van der Waals surface area contributed by atoms with Crippen LogP contribution in [0.2, 0.25) is 0 Å². The van der Waals surface area contributed by atoms with E-state index in [0.717, 1.165) is 26.2 Å². The third-order valence-corrected chi connectivity index (χ3v) is 6.11. The molecule has 0 amide bonds. The standard InChI is InChI=1S/C17H23N3O2S2/c1-10-8-14(13(4)12(3)11(10)2)15(21)9-23-17-20-19-16(24-17)18-6-7-22-5/h8H,6-7,9H2,1-5H3,(H,18,19). The molecule has 0 unspecified atom stereocenters. The molecule has 130 valence electrons. The van der Waals surface area contributed by atoms with Crippen molar-refractivity contribution in [2.45, 2.75) is 32.0 Å². The summed E-state index contributed by atoms with van der Waals surface area (Å²) < 4.78 is 5.77. The van der Waals surface area contributed by atoms with E-state index in [4.69, 9.17) is 4.74 Å². The van der Waals surface area contributed by atoms with Crippen molar-refractivity contribution in [1.82, 2.24) is 10.2 Å². The molecule has 5 nitrogen and oxygen atoms in total. The summed E-state index contributed by atoms with van der Waals surface area (Å²) >= 11 is 2.89. The molecule has 2 aromatic rings. The fraction of sp³-hybridized carbons (Fsp3) is 0.471. The molecule has 0 saturated carbocycles. The first-order valence-electron chi connectivity index (χ1n) is 7.73. The largest absolute Gasteiger partial charge is 0.383 e. The van der Waals surface area contributed by atoms with Crippen molar-refractivity contribution in [3.63, 3.8) is 0 Å². The average Bonchev–Trinajstić information content (AvgIpc) is 3.02. The molecular weight excluding hydrogens is 342 g/mol. The molecule has 2 rings (SSSR count). The van der Waals surface area contributed by atoms with Crippen LogP contribution in [-0.4, -0.2) is 42.0 Å². The van der Waals surface area contributed by atoms with Crippen LogP contribution in [0.25, 0.3) is 0 Å². The summed E-state index contributed by atoms with van der Waals surface area (Å²) in [4.78, 5) is 12.6. The van der Waals surface area contributed by atoms with Crippen molar-refractivity contribution in [1.29, 1.82) is 0 Å². The summed E-state index contributed by atoms with van der Waals surface area (Å²) in [7, 11) is 1.66. The van der Waals surface area contributed by atoms with E-state index >= 15 is 0 Å². The summed E-state index contributed by atoms with van der Waals surface area (Å²) in [5.74, 6) is 0.503. The van der Waals surface area contributed by atoms with Gasteiger partial charge in [0.25, 0.3) is 0 Å². The van der Waals surface area contributed by atoms with Crippen molar-refractivity contribution in [2.24, 2.45) is 0 Å². The van der Waals surface area contributed by atoms with Crippen LogP contribution in [-0.2, 0) is 4.74 Å². The molecule has 0 atom stereocenters. The summed E-state index contributed by atoms with van der Waals surface area (Å²) in [6, 6.07) is 2.00. The van der Waals surface area contributed by atoms with Crippen LogP contribution in [0.3, 0.4) is 0 Å². The number of benzene rings is 1. The lowest BCUT2D eigenvalue weighted by Crippen LogP contribution is -2.08. The topological polar surface area (TPSA) is 64.1 Å². The first-order chi connectivity index (χ1) is 11.4. The van der Waals surface area contributed by atoms with Crippen LogP contribution in [0.1, 0.15) is 32.6 Å². The third-order valence-electron chi connectivity index (χ3n) is 4.10. The molecule has 1 heterocycles. The monoisotopic (exact) mass is 365 g/mol. The zero-order valence-corrected chi connectivity index (χ0v) is 16.4. The van der Waals surface area contributed by atoms with Crippen LogP contribution < -0.4 is 5.32 Å². The third kappa shape index (κ3) is 4.55. The second-order valence-electron chi connectivity index (χ2n) is 5.62. The maximum atomic E-state index is 12.6. The van der Waals surface area contributed by atoms with Crippen LogP contribution >= 0.6 is 23.1 Å². The molecule has 24 heavy (non-hydrogen) atoms. The maximum absolute atomic E-state index is 12.6. The summed E-state index contributed by atoms with van der Waals surface area (Å²) in [5.41, 5.74) is 5.50. The van der Waals surface area contributed by atoms with Gasteiger partial charge in [-0.25, -0.2) is 0 Å². The number of thioether (sulfide) groups is 1. The number of anilines is 1. The number of carbonyl (C=O) groups excluding carboxylic acids is 1. The fourth-order valence-electron chi connectivity index (χ4n) is 2.31. The Kier molecular flexibility index (Phi) is 6.77. The molecular formula is C17H23N3O2S2. The van der Waals surface area contributed by atoms with Crippen LogP contribution in [0, 0.1) is 27.7 Å². The van der Waals surface area contributed by atoms with Crippen LogP contribution in [0.15, 0.2) is 10.4 Å². The Labute approximate surface area is 151 Å². The maximum Gasteiger partial charge on any atom is 0.206 e. The van der Waals surface area contributed by atoms with Gasteiger partial charge in [0.2, 0.25) is 5.13 Å². The van der Waals surface area contributed by atoms with Crippen molar-refractivity contribution in [3.05, 3.63) is 33.9 Å². The first kappa shape index (κ1) is 18.9. The predicted octanol–water partition coefficient (Wildman–Crippen LogP) is 3.81. The zero-order chi connectivity index (χ0) is 17.7. The van der Waals surface area contributed by atoms with Gasteiger partial charge in [0.1, 0.15) is 0 Å². The van der Waals surface area contributed by atoms with Crippen molar-refractivity contribution in [3.8, 4) is 0 Å². The number of carbonyl (C=O) groups is 1. The number of methoxy groups -OCH3 is 1. The van der Waals surface area contributed by atoms with Gasteiger partial charge in [0, 0.05) is 19.2 Å². The van der Waals surface area contributed by atoms with E-state index in [1.165, 1.54) is 34.2 Å². The van der Waals surface area contributed by atoms with Gasteiger partial charge < -0.3 is 10.1 Å². The van der Waals surface area contributed by atoms with E-state index in [1.54, 1.807) is 7.11 Å². The number of hydrogen-bond donors (Lipinski definition) is 1. The lowest BCUT2D eigenvalue weighted by molar-refractivity contribution is 0.102. The minimum absolute atomic E-state index is 0.132. The number of nitrogens with one attached hydrogen (secondary N) is 1. The molecule has 0 aliphatic heterocycles. The molecule has 0 bridgehead atoms. The number of hydrogen-bond acceptors (Lipinski definition) is 7. The van der Waals surface area contributed by atoms with Crippen molar-refractivity contribution in [2.75, 3.05) is 31.3 Å². The van der Waals surface area contributed by atoms with E-state index in [0.29, 0.717) is 18.9 Å². The molecule has 0 saturated heterocycles. The average molecular weight is 366 g/mol. The Hall–Kier alpha value is -1.44. The minimum atomic E-state index is 0.132. The van der Waals surface area contributed by atoms with Gasteiger partial charge in [-0.05, 0) is 56.0 Å². The van der Waals surface area contributed by atoms with Gasteiger partial charge in [0.15, 0.2) is 10.1 Å². The van der Waals surface area contributed by atoms with E-state index in [1.807, 2.05) is 13.0 Å². The van der Waals surface area contributed by atoms with Gasteiger partial charge in [-0.15, -0.1) is 10.2 Å². The summed E-state index contributed by atoms with van der Waals surface area (Å²) in [6.07, 6.45) is 0. The number of Topliss-reactive ketones (excluding diaryl/α,β-unsaturated/α-hetero) is 1. The number of rotatable bonds is 8. The molecule has 1 aromatic heterocycles. The van der Waals surface area contributed by atoms with Crippen molar-refractivity contribution >= 4 is 34.0 Å². The summed E-state index contributed by atoms with van der Waals surface area (Å²) in [5, 5.41) is 12.1. The van der Waals surface area contributed by atoms with Gasteiger partial charge in [-0.1, -0.05) is 23.1 Å². The highest BCUT2D eigenvalue weighted by Crippen LogP contribution is 2.27. The minimum Gasteiger partial charge on any atom is -0.383 e. The second-order valence-corrected chi connectivity index (χ2v) is 7.82. The predicted molar refractivity (Wildman–Crippen MR) is 101 cm³/mol. The summed E-state index contributed by atoms with van der Waals surface area (Å²) in [6.45, 7) is 9.54. The Morgan fingerprint density at radius 2 is 1.96 bits per heavy atom. The van der Waals surface area contributed by atoms with Crippen LogP contribution in [0.4, 0.5) is 5.13 Å². The second kappa shape index (κ2) is 8.60. The Balaban J connectivity index is 1.99. The Morgan fingerprint density at radius 1 is 1.21 bits per heavy atom. The zero-order valence-electron chi connectivity index (χ0n) is 14.7. The first-order valence-corrected chi connectivity index (χ1v) is 9.54. The fourth-order valence-corrected chi connectivity index (χ4v) is 3.97. The Morgan fingerprint density at radius 3 is 2.67 bits per heavy atom. The quantitative estimate of drug-likeness (QED) is 0.436.